The van der Waals surface area contributed by atoms with Crippen LogP contribution in [0.4, 0.5) is 4.39 Å². The molecule has 0 saturated heterocycles. The first-order valence-corrected chi connectivity index (χ1v) is 7.95. The summed E-state index contributed by atoms with van der Waals surface area (Å²) in [6, 6.07) is 4.30. The second-order valence-electron chi connectivity index (χ2n) is 4.50. The molecule has 3 rings (SSSR count). The maximum atomic E-state index is 13.9. The highest BCUT2D eigenvalue weighted by Crippen LogP contribution is 2.32. The van der Waals surface area contributed by atoms with Gasteiger partial charge in [0, 0.05) is 25.6 Å². The summed E-state index contributed by atoms with van der Waals surface area (Å²) < 4.78 is 41.5. The largest absolute Gasteiger partial charge is 0.274 e. The first-order chi connectivity index (χ1) is 10.4. The number of halogens is 2. The Morgan fingerprint density at radius 2 is 2.09 bits per heavy atom. The van der Waals surface area contributed by atoms with E-state index in [9.17, 15) is 12.8 Å². The van der Waals surface area contributed by atoms with Crippen LogP contribution in [0, 0.1) is 5.95 Å². The summed E-state index contributed by atoms with van der Waals surface area (Å²) in [4.78, 5) is 3.51. The molecule has 3 heterocycles. The van der Waals surface area contributed by atoms with Gasteiger partial charge < -0.3 is 0 Å². The average molecular weight is 341 g/mol. The van der Waals surface area contributed by atoms with Crippen LogP contribution in [0.3, 0.4) is 0 Å². The van der Waals surface area contributed by atoms with Gasteiger partial charge >= 0.3 is 0 Å². The molecule has 0 amide bonds. The van der Waals surface area contributed by atoms with E-state index in [1.165, 1.54) is 47.7 Å². The van der Waals surface area contributed by atoms with Gasteiger partial charge in [-0.05, 0) is 18.2 Å². The Morgan fingerprint density at radius 1 is 1.32 bits per heavy atom. The van der Waals surface area contributed by atoms with Gasteiger partial charge in [-0.25, -0.2) is 17.4 Å². The van der Waals surface area contributed by atoms with Crippen LogP contribution in [0.25, 0.3) is 11.3 Å². The van der Waals surface area contributed by atoms with Crippen molar-refractivity contribution in [3.8, 4) is 11.3 Å². The van der Waals surface area contributed by atoms with Gasteiger partial charge in [-0.15, -0.1) is 0 Å². The van der Waals surface area contributed by atoms with E-state index in [0.29, 0.717) is 0 Å². The highest BCUT2D eigenvalue weighted by atomic mass is 35.5. The highest BCUT2D eigenvalue weighted by molar-refractivity contribution is 7.90. The summed E-state index contributed by atoms with van der Waals surface area (Å²) in [6.45, 7) is 0. The van der Waals surface area contributed by atoms with Crippen LogP contribution in [-0.4, -0.2) is 27.2 Å². The number of aryl methyl sites for hydroxylation is 1. The molecule has 0 bridgehead atoms. The van der Waals surface area contributed by atoms with Gasteiger partial charge in [-0.2, -0.15) is 9.49 Å². The minimum Gasteiger partial charge on any atom is -0.274 e. The molecular weight excluding hydrogens is 331 g/mol. The lowest BCUT2D eigenvalue weighted by atomic mass is 10.2. The fourth-order valence-corrected chi connectivity index (χ4v) is 3.70. The van der Waals surface area contributed by atoms with E-state index in [2.05, 4.69) is 10.1 Å². The Labute approximate surface area is 130 Å². The number of hydrogen-bond acceptors (Lipinski definition) is 4. The van der Waals surface area contributed by atoms with Gasteiger partial charge in [-0.3, -0.25) is 4.68 Å². The zero-order valence-corrected chi connectivity index (χ0v) is 12.9. The van der Waals surface area contributed by atoms with Crippen LogP contribution in [-0.2, 0) is 17.1 Å². The molecule has 0 unspecified atom stereocenters. The monoisotopic (exact) mass is 340 g/mol. The molecule has 22 heavy (non-hydrogen) atoms. The van der Waals surface area contributed by atoms with Crippen molar-refractivity contribution in [3.63, 3.8) is 0 Å². The van der Waals surface area contributed by atoms with E-state index in [1.54, 1.807) is 7.05 Å². The third-order valence-corrected chi connectivity index (χ3v) is 4.99. The number of rotatable bonds is 3. The maximum Gasteiger partial charge on any atom is 0.271 e. The summed E-state index contributed by atoms with van der Waals surface area (Å²) in [7, 11) is -2.34. The third kappa shape index (κ3) is 2.30. The summed E-state index contributed by atoms with van der Waals surface area (Å²) in [5.74, 6) is -0.800. The molecule has 0 radical (unpaired) electrons. The molecule has 0 aliphatic heterocycles. The van der Waals surface area contributed by atoms with Crippen molar-refractivity contribution >= 4 is 21.6 Å². The topological polar surface area (TPSA) is 69.8 Å². The number of pyridine rings is 1. The smallest absolute Gasteiger partial charge is 0.271 e. The summed E-state index contributed by atoms with van der Waals surface area (Å²) in [5.41, 5.74) is 0.0288. The second-order valence-corrected chi connectivity index (χ2v) is 6.73. The number of nitrogens with zero attached hydrogens (tertiary/aromatic N) is 4. The zero-order chi connectivity index (χ0) is 15.9. The van der Waals surface area contributed by atoms with E-state index in [1.807, 2.05) is 0 Å². The van der Waals surface area contributed by atoms with Crippen molar-refractivity contribution in [2.45, 2.75) is 4.90 Å². The van der Waals surface area contributed by atoms with Crippen molar-refractivity contribution in [3.05, 3.63) is 54.0 Å². The summed E-state index contributed by atoms with van der Waals surface area (Å²) in [5, 5.41) is 3.95. The molecule has 0 saturated carbocycles. The minimum atomic E-state index is -3.94. The van der Waals surface area contributed by atoms with Crippen LogP contribution in [0.15, 0.2) is 47.9 Å². The first-order valence-electron chi connectivity index (χ1n) is 6.13. The molecule has 0 fully saturated rings. The minimum absolute atomic E-state index is 0.00460. The van der Waals surface area contributed by atoms with Crippen molar-refractivity contribution in [2.24, 2.45) is 7.05 Å². The van der Waals surface area contributed by atoms with E-state index in [-0.39, 0.29) is 21.2 Å². The van der Waals surface area contributed by atoms with Crippen molar-refractivity contribution < 1.29 is 12.8 Å². The quantitative estimate of drug-likeness (QED) is 0.686. The van der Waals surface area contributed by atoms with Crippen LogP contribution >= 0.6 is 11.6 Å². The Bertz CT molecular complexity index is 949. The fraction of sp³-hybridized carbons (Fsp3) is 0.0769. The number of hydrogen-bond donors (Lipinski definition) is 0. The van der Waals surface area contributed by atoms with E-state index >= 15 is 0 Å². The van der Waals surface area contributed by atoms with E-state index in [4.69, 9.17) is 11.6 Å². The van der Waals surface area contributed by atoms with Crippen LogP contribution in [0.1, 0.15) is 0 Å². The van der Waals surface area contributed by atoms with Crippen molar-refractivity contribution in [2.75, 3.05) is 0 Å². The van der Waals surface area contributed by atoms with Crippen molar-refractivity contribution in [1.29, 1.82) is 0 Å². The molecule has 0 aliphatic rings. The van der Waals surface area contributed by atoms with Crippen LogP contribution < -0.4 is 0 Å². The normalized spacial score (nSPS) is 11.8. The predicted molar refractivity (Wildman–Crippen MR) is 78.4 cm³/mol. The zero-order valence-electron chi connectivity index (χ0n) is 11.3. The lowest BCUT2D eigenvalue weighted by Crippen LogP contribution is -2.13. The molecule has 9 heteroatoms. The van der Waals surface area contributed by atoms with Crippen molar-refractivity contribution in [1.82, 2.24) is 18.7 Å². The predicted octanol–water partition coefficient (Wildman–Crippen LogP) is 2.31. The second kappa shape index (κ2) is 5.22. The van der Waals surface area contributed by atoms with Gasteiger partial charge in [0.15, 0.2) is 0 Å². The maximum absolute atomic E-state index is 13.9. The molecule has 6 nitrogen and oxygen atoms in total. The van der Waals surface area contributed by atoms with Crippen LogP contribution in [0.2, 0.25) is 5.02 Å². The highest BCUT2D eigenvalue weighted by Gasteiger charge is 2.25. The molecule has 0 aromatic carbocycles. The molecule has 0 spiro atoms. The van der Waals surface area contributed by atoms with Gasteiger partial charge in [-0.1, -0.05) is 11.6 Å². The molecule has 3 aromatic rings. The van der Waals surface area contributed by atoms with Gasteiger partial charge in [0.1, 0.15) is 4.90 Å². The van der Waals surface area contributed by atoms with E-state index in [0.717, 1.165) is 3.97 Å². The lowest BCUT2D eigenvalue weighted by molar-refractivity contribution is 0.583. The molecule has 0 aliphatic carbocycles. The molecule has 114 valence electrons. The molecule has 3 aromatic heterocycles. The van der Waals surface area contributed by atoms with Crippen LogP contribution in [0.5, 0.6) is 0 Å². The Balaban J connectivity index is 2.25. The Kier molecular flexibility index (Phi) is 3.50. The van der Waals surface area contributed by atoms with Gasteiger partial charge in [0.05, 0.1) is 22.5 Å². The SMILES string of the molecule is Cn1cc(S(=O)(=O)n2ccc(Cl)c2-c2cccnc2F)cn1. The Hall–Kier alpha value is -2.19. The average Bonchev–Trinajstić information content (AvgIpc) is 3.06. The van der Waals surface area contributed by atoms with Gasteiger partial charge in [0.25, 0.3) is 10.0 Å². The lowest BCUT2D eigenvalue weighted by Gasteiger charge is -2.10. The standard InChI is InChI=1S/C13H10ClFN4O2S/c1-18-8-9(7-17-18)22(20,21)19-6-4-11(14)12(19)10-3-2-5-16-13(10)15/h2-8H,1H3. The third-order valence-electron chi connectivity index (χ3n) is 3.06. The molecule has 0 N–H and O–H groups in total. The molecule has 0 atom stereocenters. The van der Waals surface area contributed by atoms with E-state index < -0.39 is 16.0 Å². The summed E-state index contributed by atoms with van der Waals surface area (Å²) in [6.07, 6.45) is 5.11. The summed E-state index contributed by atoms with van der Waals surface area (Å²) >= 11 is 6.05. The number of aromatic nitrogens is 4. The molecular formula is C13H10ClFN4O2S. The fourth-order valence-electron chi connectivity index (χ4n) is 2.05. The Morgan fingerprint density at radius 3 is 2.73 bits per heavy atom. The first kappa shape index (κ1) is 14.7. The van der Waals surface area contributed by atoms with Gasteiger partial charge in [0.2, 0.25) is 5.95 Å².